The van der Waals surface area contributed by atoms with Crippen LogP contribution in [0.3, 0.4) is 0 Å². The van der Waals surface area contributed by atoms with Crippen molar-refractivity contribution in [2.75, 3.05) is 5.32 Å². The van der Waals surface area contributed by atoms with Crippen LogP contribution in [-0.4, -0.2) is 10.9 Å². The van der Waals surface area contributed by atoms with E-state index in [1.165, 1.54) is 6.20 Å². The summed E-state index contributed by atoms with van der Waals surface area (Å²) in [5.74, 6) is 0.550. The van der Waals surface area contributed by atoms with Crippen LogP contribution in [-0.2, 0) is 4.79 Å². The molecule has 1 aliphatic heterocycles. The first-order valence-corrected chi connectivity index (χ1v) is 3.67. The topological polar surface area (TPSA) is 77.2 Å². The minimum absolute atomic E-state index is 0.0838. The highest BCUT2D eigenvalue weighted by Gasteiger charge is 2.15. The predicted molar refractivity (Wildman–Crippen MR) is 45.8 cm³/mol. The van der Waals surface area contributed by atoms with E-state index in [1.807, 2.05) is 0 Å². The van der Waals surface area contributed by atoms with Crippen LogP contribution in [0.4, 0.5) is 5.82 Å². The first-order chi connectivity index (χ1) is 6.27. The van der Waals surface area contributed by atoms with E-state index >= 15 is 0 Å². The van der Waals surface area contributed by atoms with Crippen molar-refractivity contribution < 1.29 is 9.53 Å². The number of ether oxygens (including phenoxy) is 1. The Labute approximate surface area is 74.2 Å². The molecule has 0 unspecified atom stereocenters. The molecule has 0 saturated heterocycles. The molecule has 66 valence electrons. The number of rotatable bonds is 1. The van der Waals surface area contributed by atoms with Gasteiger partial charge in [0.25, 0.3) is 5.91 Å². The number of carbonyl (C=O) groups is 1. The second kappa shape index (κ2) is 2.78. The molecule has 1 amide bonds. The van der Waals surface area contributed by atoms with Gasteiger partial charge in [-0.15, -0.1) is 0 Å². The van der Waals surface area contributed by atoms with E-state index in [2.05, 4.69) is 10.3 Å². The fourth-order valence-corrected chi connectivity index (χ4v) is 0.985. The Morgan fingerprint density at radius 3 is 3.23 bits per heavy atom. The molecule has 13 heavy (non-hydrogen) atoms. The summed E-state index contributed by atoms with van der Waals surface area (Å²) >= 11 is 0. The third-order valence-corrected chi connectivity index (χ3v) is 1.57. The number of hydrogen-bond acceptors (Lipinski definition) is 4. The van der Waals surface area contributed by atoms with Crippen LogP contribution in [0, 0.1) is 0 Å². The van der Waals surface area contributed by atoms with E-state index in [0.29, 0.717) is 11.6 Å². The highest BCUT2D eigenvalue weighted by atomic mass is 16.5. The van der Waals surface area contributed by atoms with Crippen molar-refractivity contribution in [2.24, 2.45) is 5.73 Å². The number of nitrogens with two attached hydrogens (primary N) is 1. The normalized spacial score (nSPS) is 13.4. The minimum atomic E-state index is -0.609. The second-order valence-electron chi connectivity index (χ2n) is 2.47. The number of amides is 1. The molecule has 0 fully saturated rings. The van der Waals surface area contributed by atoms with Crippen molar-refractivity contribution in [1.29, 1.82) is 0 Å². The number of aromatic nitrogens is 1. The van der Waals surface area contributed by atoms with E-state index < -0.39 is 5.91 Å². The molecule has 0 aliphatic carbocycles. The summed E-state index contributed by atoms with van der Waals surface area (Å²) in [5.41, 5.74) is 5.03. The number of nitrogens with one attached hydrogen (secondary N) is 1. The summed E-state index contributed by atoms with van der Waals surface area (Å²) in [6, 6.07) is 3.41. The largest absolute Gasteiger partial charge is 0.446 e. The maximum absolute atomic E-state index is 10.7. The average Bonchev–Trinajstić information content (AvgIpc) is 2.17. The van der Waals surface area contributed by atoms with E-state index in [9.17, 15) is 4.79 Å². The molecule has 0 spiro atoms. The molecule has 0 radical (unpaired) electrons. The van der Waals surface area contributed by atoms with Crippen LogP contribution >= 0.6 is 0 Å². The van der Waals surface area contributed by atoms with Gasteiger partial charge in [-0.2, -0.15) is 0 Å². The Balaban J connectivity index is 2.33. The standard InChI is InChI=1S/C8H7N3O2/c9-7(12)6-4-11-8-5(13-6)2-1-3-10-8/h1-4H,(H2,9,12)(H,10,11). The molecule has 0 atom stereocenters. The molecule has 0 aromatic carbocycles. The van der Waals surface area contributed by atoms with Crippen LogP contribution < -0.4 is 15.8 Å². The van der Waals surface area contributed by atoms with Crippen molar-refractivity contribution in [3.63, 3.8) is 0 Å². The van der Waals surface area contributed by atoms with Crippen LogP contribution in [0.15, 0.2) is 30.3 Å². The molecule has 0 saturated carbocycles. The van der Waals surface area contributed by atoms with Gasteiger partial charge in [-0.1, -0.05) is 0 Å². The lowest BCUT2D eigenvalue weighted by Crippen LogP contribution is -2.22. The van der Waals surface area contributed by atoms with E-state index in [4.69, 9.17) is 10.5 Å². The number of nitrogens with zero attached hydrogens (tertiary/aromatic N) is 1. The number of fused-ring (bicyclic) bond motifs is 1. The Hall–Kier alpha value is -2.04. The molecule has 2 rings (SSSR count). The maximum atomic E-state index is 10.7. The minimum Gasteiger partial charge on any atom is -0.446 e. The van der Waals surface area contributed by atoms with Crippen LogP contribution in [0.2, 0.25) is 0 Å². The van der Waals surface area contributed by atoms with Gasteiger partial charge < -0.3 is 15.8 Å². The van der Waals surface area contributed by atoms with E-state index in [1.54, 1.807) is 18.3 Å². The van der Waals surface area contributed by atoms with Crippen molar-refractivity contribution in [1.82, 2.24) is 4.98 Å². The Bertz CT molecular complexity index is 387. The molecule has 3 N–H and O–H groups in total. The number of anilines is 1. The Morgan fingerprint density at radius 1 is 1.62 bits per heavy atom. The van der Waals surface area contributed by atoms with Gasteiger partial charge in [-0.25, -0.2) is 4.98 Å². The third-order valence-electron chi connectivity index (χ3n) is 1.57. The van der Waals surface area contributed by atoms with Gasteiger partial charge in [0.05, 0.1) is 6.20 Å². The summed E-state index contributed by atoms with van der Waals surface area (Å²) in [6.45, 7) is 0. The summed E-state index contributed by atoms with van der Waals surface area (Å²) in [5, 5.41) is 2.80. The highest BCUT2D eigenvalue weighted by Crippen LogP contribution is 2.26. The Morgan fingerprint density at radius 2 is 2.46 bits per heavy atom. The van der Waals surface area contributed by atoms with E-state index in [0.717, 1.165) is 0 Å². The molecule has 2 heterocycles. The predicted octanol–water partition coefficient (Wildman–Crippen LogP) is 0.213. The quantitative estimate of drug-likeness (QED) is 0.643. The lowest BCUT2D eigenvalue weighted by atomic mass is 10.3. The highest BCUT2D eigenvalue weighted by molar-refractivity contribution is 5.91. The zero-order valence-electron chi connectivity index (χ0n) is 6.65. The van der Waals surface area contributed by atoms with Gasteiger partial charge in [-0.05, 0) is 12.1 Å². The van der Waals surface area contributed by atoms with Crippen molar-refractivity contribution in [3.8, 4) is 5.75 Å². The number of hydrogen-bond donors (Lipinski definition) is 2. The van der Waals surface area contributed by atoms with Crippen LogP contribution in [0.5, 0.6) is 5.75 Å². The smallest absolute Gasteiger partial charge is 0.285 e. The van der Waals surface area contributed by atoms with Gasteiger partial charge >= 0.3 is 0 Å². The van der Waals surface area contributed by atoms with Gasteiger partial charge in [0.15, 0.2) is 11.6 Å². The third kappa shape index (κ3) is 1.31. The van der Waals surface area contributed by atoms with Crippen molar-refractivity contribution in [2.45, 2.75) is 0 Å². The van der Waals surface area contributed by atoms with Crippen molar-refractivity contribution in [3.05, 3.63) is 30.3 Å². The summed E-state index contributed by atoms with van der Waals surface area (Å²) < 4.78 is 5.15. The molecule has 5 heteroatoms. The maximum Gasteiger partial charge on any atom is 0.285 e. The summed E-state index contributed by atoms with van der Waals surface area (Å²) in [7, 11) is 0. The van der Waals surface area contributed by atoms with Gasteiger partial charge in [0.1, 0.15) is 0 Å². The molecule has 0 bridgehead atoms. The number of primary amides is 1. The monoisotopic (exact) mass is 177 g/mol. The molecule has 5 nitrogen and oxygen atoms in total. The zero-order chi connectivity index (χ0) is 9.26. The van der Waals surface area contributed by atoms with Crippen LogP contribution in [0.25, 0.3) is 0 Å². The zero-order valence-corrected chi connectivity index (χ0v) is 6.65. The first kappa shape index (κ1) is 7.60. The lowest BCUT2D eigenvalue weighted by Gasteiger charge is -2.15. The van der Waals surface area contributed by atoms with Crippen LogP contribution in [0.1, 0.15) is 0 Å². The number of pyridine rings is 1. The summed E-state index contributed by atoms with van der Waals surface area (Å²) in [4.78, 5) is 14.7. The average molecular weight is 177 g/mol. The van der Waals surface area contributed by atoms with Gasteiger partial charge in [0, 0.05) is 6.20 Å². The van der Waals surface area contributed by atoms with Gasteiger partial charge in [-0.3, -0.25) is 4.79 Å². The lowest BCUT2D eigenvalue weighted by molar-refractivity contribution is -0.116. The SMILES string of the molecule is NC(=O)C1=CNc2ncccc2O1. The van der Waals surface area contributed by atoms with Gasteiger partial charge in [0.2, 0.25) is 5.76 Å². The second-order valence-corrected chi connectivity index (χ2v) is 2.47. The molecule has 1 aromatic heterocycles. The van der Waals surface area contributed by atoms with Crippen molar-refractivity contribution >= 4 is 11.7 Å². The summed E-state index contributed by atoms with van der Waals surface area (Å²) in [6.07, 6.45) is 3.01. The molecular formula is C8H7N3O2. The fraction of sp³-hybridized carbons (Fsp3) is 0. The van der Waals surface area contributed by atoms with E-state index in [-0.39, 0.29) is 5.76 Å². The molecule has 1 aliphatic rings. The molecular weight excluding hydrogens is 170 g/mol. The molecule has 1 aromatic rings. The number of carbonyl (C=O) groups excluding carboxylic acids is 1. The fourth-order valence-electron chi connectivity index (χ4n) is 0.985. The Kier molecular flexibility index (Phi) is 1.63. The first-order valence-electron chi connectivity index (χ1n) is 3.67.